The summed E-state index contributed by atoms with van der Waals surface area (Å²) in [7, 11) is -6.76. The fourth-order valence-electron chi connectivity index (χ4n) is 4.01. The molecule has 0 N–H and O–H groups in total. The van der Waals surface area contributed by atoms with E-state index < -0.39 is 19.9 Å². The van der Waals surface area contributed by atoms with Crippen LogP contribution in [0.2, 0.25) is 0 Å². The highest BCUT2D eigenvalue weighted by Crippen LogP contribution is 2.24. The van der Waals surface area contributed by atoms with Crippen LogP contribution in [0.5, 0.6) is 0 Å². The summed E-state index contributed by atoms with van der Waals surface area (Å²) >= 11 is 0. The number of carbonyl (C=O) groups excluding carboxylic acids is 1. The summed E-state index contributed by atoms with van der Waals surface area (Å²) in [6, 6.07) is 5.82. The molecule has 2 aliphatic heterocycles. The van der Waals surface area contributed by atoms with E-state index in [1.54, 1.807) is 17.0 Å². The van der Waals surface area contributed by atoms with Crippen LogP contribution in [-0.2, 0) is 19.9 Å². The molecule has 0 saturated carbocycles. The van der Waals surface area contributed by atoms with Gasteiger partial charge < -0.3 is 4.90 Å². The van der Waals surface area contributed by atoms with E-state index in [9.17, 15) is 21.6 Å². The summed E-state index contributed by atoms with van der Waals surface area (Å²) in [6.07, 6.45) is 4.81. The van der Waals surface area contributed by atoms with E-state index in [4.69, 9.17) is 0 Å². The SMILES string of the molecule is CCCCN(C(=O)c1cccc(S(=O)(=O)N2CCCCC2)c1)[C@@H]1CCS(=O)(=O)C1. The molecule has 2 aliphatic rings. The highest BCUT2D eigenvalue weighted by molar-refractivity contribution is 7.91. The molecule has 1 atom stereocenters. The molecule has 0 aromatic heterocycles. The third-order valence-corrected chi connectivity index (χ3v) is 9.34. The average Bonchev–Trinajstić information content (AvgIpc) is 3.08. The molecule has 0 bridgehead atoms. The Labute approximate surface area is 174 Å². The minimum atomic E-state index is -3.63. The maximum atomic E-state index is 13.2. The summed E-state index contributed by atoms with van der Waals surface area (Å²) in [4.78, 5) is 15.0. The maximum absolute atomic E-state index is 13.2. The first-order chi connectivity index (χ1) is 13.7. The first kappa shape index (κ1) is 22.2. The van der Waals surface area contributed by atoms with Crippen LogP contribution in [0.1, 0.15) is 55.8 Å². The summed E-state index contributed by atoms with van der Waals surface area (Å²) in [5, 5.41) is 0. The Morgan fingerprint density at radius 1 is 1.21 bits per heavy atom. The van der Waals surface area contributed by atoms with Crippen LogP contribution in [0, 0.1) is 0 Å². The van der Waals surface area contributed by atoms with Crippen molar-refractivity contribution in [3.05, 3.63) is 29.8 Å². The molecule has 9 heteroatoms. The van der Waals surface area contributed by atoms with Crippen molar-refractivity contribution in [2.24, 2.45) is 0 Å². The van der Waals surface area contributed by atoms with E-state index in [1.165, 1.54) is 16.4 Å². The van der Waals surface area contributed by atoms with Gasteiger partial charge in [-0.25, -0.2) is 16.8 Å². The Balaban J connectivity index is 1.86. The second kappa shape index (κ2) is 9.14. The average molecular weight is 443 g/mol. The van der Waals surface area contributed by atoms with E-state index in [2.05, 4.69) is 0 Å². The maximum Gasteiger partial charge on any atom is 0.254 e. The topological polar surface area (TPSA) is 91.8 Å². The van der Waals surface area contributed by atoms with Crippen LogP contribution in [0.25, 0.3) is 0 Å². The van der Waals surface area contributed by atoms with Gasteiger partial charge in [-0.05, 0) is 43.9 Å². The first-order valence-corrected chi connectivity index (χ1v) is 13.6. The van der Waals surface area contributed by atoms with Gasteiger partial charge >= 0.3 is 0 Å². The zero-order valence-corrected chi connectivity index (χ0v) is 18.6. The number of unbranched alkanes of at least 4 members (excludes halogenated alkanes) is 1. The lowest BCUT2D eigenvalue weighted by molar-refractivity contribution is 0.0694. The van der Waals surface area contributed by atoms with E-state index in [0.29, 0.717) is 31.6 Å². The Kier molecular flexibility index (Phi) is 7.01. The van der Waals surface area contributed by atoms with E-state index in [1.807, 2.05) is 6.92 Å². The number of sulfone groups is 1. The summed E-state index contributed by atoms with van der Waals surface area (Å²) in [5.74, 6) is -0.221. The zero-order valence-electron chi connectivity index (χ0n) is 16.9. The van der Waals surface area contributed by atoms with Gasteiger partial charge in [0.25, 0.3) is 5.91 Å². The lowest BCUT2D eigenvalue weighted by Crippen LogP contribution is -2.42. The van der Waals surface area contributed by atoms with Crippen molar-refractivity contribution in [1.82, 2.24) is 9.21 Å². The Morgan fingerprint density at radius 3 is 2.55 bits per heavy atom. The van der Waals surface area contributed by atoms with Crippen LogP contribution in [-0.4, -0.2) is 69.1 Å². The number of piperidine rings is 1. The van der Waals surface area contributed by atoms with Gasteiger partial charge in [-0.2, -0.15) is 4.31 Å². The molecule has 0 radical (unpaired) electrons. The molecule has 0 spiro atoms. The lowest BCUT2D eigenvalue weighted by atomic mass is 10.1. The third-order valence-electron chi connectivity index (χ3n) is 5.70. The fraction of sp³-hybridized carbons (Fsp3) is 0.650. The molecule has 1 aromatic rings. The van der Waals surface area contributed by atoms with Crippen molar-refractivity contribution in [2.45, 2.75) is 56.4 Å². The normalized spacial score (nSPS) is 22.4. The smallest absolute Gasteiger partial charge is 0.254 e. The molecule has 0 unspecified atom stereocenters. The second-order valence-corrected chi connectivity index (χ2v) is 12.1. The molecule has 2 fully saturated rings. The van der Waals surface area contributed by atoms with Crippen LogP contribution in [0.15, 0.2) is 29.2 Å². The number of nitrogens with zero attached hydrogens (tertiary/aromatic N) is 2. The highest BCUT2D eigenvalue weighted by Gasteiger charge is 2.35. The molecule has 1 amide bonds. The molecule has 1 aromatic carbocycles. The van der Waals surface area contributed by atoms with Crippen molar-refractivity contribution in [2.75, 3.05) is 31.1 Å². The highest BCUT2D eigenvalue weighted by atomic mass is 32.2. The molecule has 7 nitrogen and oxygen atoms in total. The summed E-state index contributed by atoms with van der Waals surface area (Å²) < 4.78 is 51.3. The summed E-state index contributed by atoms with van der Waals surface area (Å²) in [5.41, 5.74) is 0.295. The van der Waals surface area contributed by atoms with Crippen LogP contribution in [0.3, 0.4) is 0 Å². The van der Waals surface area contributed by atoms with E-state index in [-0.39, 0.29) is 28.4 Å². The van der Waals surface area contributed by atoms with Gasteiger partial charge in [0.15, 0.2) is 9.84 Å². The minimum absolute atomic E-state index is 0.0196. The fourth-order valence-corrected chi connectivity index (χ4v) is 7.30. The number of hydrogen-bond donors (Lipinski definition) is 0. The van der Waals surface area contributed by atoms with Crippen molar-refractivity contribution in [1.29, 1.82) is 0 Å². The molecule has 2 heterocycles. The Hall–Kier alpha value is -1.45. The van der Waals surface area contributed by atoms with Gasteiger partial charge in [-0.15, -0.1) is 0 Å². The number of rotatable bonds is 7. The monoisotopic (exact) mass is 442 g/mol. The Morgan fingerprint density at radius 2 is 1.93 bits per heavy atom. The predicted molar refractivity (Wildman–Crippen MR) is 112 cm³/mol. The van der Waals surface area contributed by atoms with Gasteiger partial charge in [-0.3, -0.25) is 4.79 Å². The van der Waals surface area contributed by atoms with Crippen LogP contribution in [0.4, 0.5) is 0 Å². The second-order valence-electron chi connectivity index (χ2n) is 7.90. The molecule has 29 heavy (non-hydrogen) atoms. The number of hydrogen-bond acceptors (Lipinski definition) is 5. The van der Waals surface area contributed by atoms with Gasteiger partial charge in [0.05, 0.1) is 16.4 Å². The third kappa shape index (κ3) is 5.19. The first-order valence-electron chi connectivity index (χ1n) is 10.4. The molecule has 2 saturated heterocycles. The number of sulfonamides is 1. The van der Waals surface area contributed by atoms with E-state index >= 15 is 0 Å². The van der Waals surface area contributed by atoms with Crippen molar-refractivity contribution in [3.63, 3.8) is 0 Å². The van der Waals surface area contributed by atoms with Crippen molar-refractivity contribution >= 4 is 25.8 Å². The number of benzene rings is 1. The molecule has 3 rings (SSSR count). The summed E-state index contributed by atoms with van der Waals surface area (Å²) in [6.45, 7) is 3.49. The van der Waals surface area contributed by atoms with Crippen molar-refractivity contribution in [3.8, 4) is 0 Å². The molecule has 162 valence electrons. The van der Waals surface area contributed by atoms with Crippen LogP contribution < -0.4 is 0 Å². The number of amides is 1. The molecular formula is C20H30N2O5S2. The molecular weight excluding hydrogens is 412 g/mol. The van der Waals surface area contributed by atoms with Crippen molar-refractivity contribution < 1.29 is 21.6 Å². The van der Waals surface area contributed by atoms with Gasteiger partial charge in [0.1, 0.15) is 0 Å². The van der Waals surface area contributed by atoms with E-state index in [0.717, 1.165) is 32.1 Å². The Bertz CT molecular complexity index is 937. The van der Waals surface area contributed by atoms with Crippen LogP contribution >= 0.6 is 0 Å². The molecule has 0 aliphatic carbocycles. The largest absolute Gasteiger partial charge is 0.335 e. The standard InChI is InChI=1S/C20H30N2O5S2/c1-2-3-13-22(18-10-14-28(24,25)16-18)20(23)17-8-7-9-19(15-17)29(26,27)21-11-5-4-6-12-21/h7-9,15,18H,2-6,10-14,16H2,1H3/t18-/m1/s1. The lowest BCUT2D eigenvalue weighted by Gasteiger charge is -2.29. The number of carbonyl (C=O) groups is 1. The van der Waals surface area contributed by atoms with Gasteiger partial charge in [-0.1, -0.05) is 25.8 Å². The predicted octanol–water partition coefficient (Wildman–Crippen LogP) is 2.29. The quantitative estimate of drug-likeness (QED) is 0.646. The van der Waals surface area contributed by atoms with Gasteiger partial charge in [0.2, 0.25) is 10.0 Å². The van der Waals surface area contributed by atoms with Gasteiger partial charge in [0, 0.05) is 31.2 Å². The zero-order chi connectivity index (χ0) is 21.1. The minimum Gasteiger partial charge on any atom is -0.335 e.